The molecule has 28 heavy (non-hydrogen) atoms. The Morgan fingerprint density at radius 2 is 1.79 bits per heavy atom. The first-order valence-corrected chi connectivity index (χ1v) is 9.00. The topological polar surface area (TPSA) is 134 Å². The summed E-state index contributed by atoms with van der Waals surface area (Å²) in [4.78, 5) is 46.8. The number of hydrogen-bond donors (Lipinski definition) is 2. The minimum Gasteiger partial charge on any atom is -0.493 e. The van der Waals surface area contributed by atoms with Gasteiger partial charge in [-0.1, -0.05) is 19.3 Å². The van der Waals surface area contributed by atoms with E-state index >= 15 is 0 Å². The number of hydrogen-bond acceptors (Lipinski definition) is 7. The van der Waals surface area contributed by atoms with Gasteiger partial charge in [0.1, 0.15) is 0 Å². The van der Waals surface area contributed by atoms with Gasteiger partial charge in [0.2, 0.25) is 5.91 Å². The standard InChI is InChI=1S/C19H24N2O7/c1-26-15-9-13(7-8-14(15)27-10-16(20)22)19(25)28-11-17(23)21-18(24)12-5-3-2-4-6-12/h7-9,12H,2-6,10-11H2,1H3,(H2,20,22)(H,21,23,24). The van der Waals surface area contributed by atoms with Crippen LogP contribution in [0.1, 0.15) is 42.5 Å². The third-order valence-corrected chi connectivity index (χ3v) is 4.34. The second-order valence-electron chi connectivity index (χ2n) is 6.44. The third kappa shape index (κ3) is 6.26. The van der Waals surface area contributed by atoms with Crippen molar-refractivity contribution in [2.24, 2.45) is 11.7 Å². The van der Waals surface area contributed by atoms with E-state index in [2.05, 4.69) is 5.32 Å². The molecule has 0 spiro atoms. The summed E-state index contributed by atoms with van der Waals surface area (Å²) >= 11 is 0. The maximum Gasteiger partial charge on any atom is 0.338 e. The molecule has 0 atom stereocenters. The van der Waals surface area contributed by atoms with Crippen molar-refractivity contribution in [2.45, 2.75) is 32.1 Å². The molecule has 0 bridgehead atoms. The van der Waals surface area contributed by atoms with E-state index in [-0.39, 0.29) is 35.5 Å². The van der Waals surface area contributed by atoms with Crippen LogP contribution in [0.15, 0.2) is 18.2 Å². The van der Waals surface area contributed by atoms with Crippen molar-refractivity contribution in [2.75, 3.05) is 20.3 Å². The van der Waals surface area contributed by atoms with Gasteiger partial charge in [-0.15, -0.1) is 0 Å². The molecule has 0 heterocycles. The molecule has 0 saturated heterocycles. The molecule has 0 aliphatic heterocycles. The van der Waals surface area contributed by atoms with Crippen molar-refractivity contribution >= 4 is 23.7 Å². The molecule has 0 aromatic heterocycles. The van der Waals surface area contributed by atoms with E-state index < -0.39 is 24.4 Å². The minimum atomic E-state index is -0.764. The number of benzene rings is 1. The number of carbonyl (C=O) groups excluding carboxylic acids is 4. The summed E-state index contributed by atoms with van der Waals surface area (Å²) in [6.07, 6.45) is 4.58. The number of esters is 1. The van der Waals surface area contributed by atoms with E-state index in [0.717, 1.165) is 32.1 Å². The number of nitrogens with one attached hydrogen (secondary N) is 1. The maximum atomic E-state index is 12.1. The van der Waals surface area contributed by atoms with Gasteiger partial charge in [-0.3, -0.25) is 19.7 Å². The maximum absolute atomic E-state index is 12.1. The van der Waals surface area contributed by atoms with Crippen LogP contribution in [0.3, 0.4) is 0 Å². The highest BCUT2D eigenvalue weighted by Gasteiger charge is 2.23. The van der Waals surface area contributed by atoms with Crippen LogP contribution in [0.2, 0.25) is 0 Å². The van der Waals surface area contributed by atoms with Gasteiger partial charge in [-0.2, -0.15) is 0 Å². The molecule has 1 aromatic carbocycles. The first-order chi connectivity index (χ1) is 13.4. The number of ether oxygens (including phenoxy) is 3. The van der Waals surface area contributed by atoms with Gasteiger partial charge in [0.25, 0.3) is 11.8 Å². The number of methoxy groups -OCH3 is 1. The fraction of sp³-hybridized carbons (Fsp3) is 0.474. The Bertz CT molecular complexity index is 742. The van der Waals surface area contributed by atoms with Crippen molar-refractivity contribution < 1.29 is 33.4 Å². The highest BCUT2D eigenvalue weighted by atomic mass is 16.5. The van der Waals surface area contributed by atoms with Crippen molar-refractivity contribution in [3.8, 4) is 11.5 Å². The molecule has 9 nitrogen and oxygen atoms in total. The SMILES string of the molecule is COc1cc(C(=O)OCC(=O)NC(=O)C2CCCCC2)ccc1OCC(N)=O. The van der Waals surface area contributed by atoms with E-state index in [9.17, 15) is 19.2 Å². The first kappa shape index (κ1) is 21.2. The lowest BCUT2D eigenvalue weighted by Gasteiger charge is -2.20. The molecular formula is C19H24N2O7. The molecule has 3 N–H and O–H groups in total. The van der Waals surface area contributed by atoms with Crippen LogP contribution in [-0.4, -0.2) is 44.0 Å². The number of imide groups is 1. The lowest BCUT2D eigenvalue weighted by atomic mass is 9.89. The molecule has 1 aliphatic rings. The van der Waals surface area contributed by atoms with Crippen LogP contribution in [0, 0.1) is 5.92 Å². The molecule has 0 unspecified atom stereocenters. The van der Waals surface area contributed by atoms with Gasteiger partial charge in [0.05, 0.1) is 12.7 Å². The summed E-state index contributed by atoms with van der Waals surface area (Å²) in [6, 6.07) is 4.17. The zero-order valence-corrected chi connectivity index (χ0v) is 15.7. The predicted octanol–water partition coefficient (Wildman–Crippen LogP) is 0.939. The summed E-state index contributed by atoms with van der Waals surface area (Å²) in [7, 11) is 1.37. The lowest BCUT2D eigenvalue weighted by molar-refractivity contribution is -0.135. The lowest BCUT2D eigenvalue weighted by Crippen LogP contribution is -2.38. The van der Waals surface area contributed by atoms with Crippen LogP contribution in [-0.2, 0) is 19.1 Å². The molecule has 9 heteroatoms. The molecule has 1 saturated carbocycles. The fourth-order valence-electron chi connectivity index (χ4n) is 2.92. The van der Waals surface area contributed by atoms with E-state index in [1.54, 1.807) is 0 Å². The molecule has 1 aromatic rings. The van der Waals surface area contributed by atoms with Crippen molar-refractivity contribution in [3.05, 3.63) is 23.8 Å². The molecule has 152 valence electrons. The fourth-order valence-corrected chi connectivity index (χ4v) is 2.92. The second kappa shape index (κ2) is 10.3. The molecule has 1 aliphatic carbocycles. The Morgan fingerprint density at radius 3 is 2.43 bits per heavy atom. The van der Waals surface area contributed by atoms with Crippen molar-refractivity contribution in [1.82, 2.24) is 5.32 Å². The summed E-state index contributed by atoms with van der Waals surface area (Å²) < 4.78 is 15.2. The van der Waals surface area contributed by atoms with Gasteiger partial charge in [-0.25, -0.2) is 4.79 Å². The van der Waals surface area contributed by atoms with Crippen molar-refractivity contribution in [1.29, 1.82) is 0 Å². The number of primary amides is 1. The average molecular weight is 392 g/mol. The van der Waals surface area contributed by atoms with Gasteiger partial charge in [-0.05, 0) is 31.0 Å². The Morgan fingerprint density at radius 1 is 1.07 bits per heavy atom. The highest BCUT2D eigenvalue weighted by Crippen LogP contribution is 2.28. The minimum absolute atomic E-state index is 0.120. The zero-order chi connectivity index (χ0) is 20.5. The van der Waals surface area contributed by atoms with E-state index in [1.807, 2.05) is 0 Å². The van der Waals surface area contributed by atoms with Crippen LogP contribution in [0.4, 0.5) is 0 Å². The smallest absolute Gasteiger partial charge is 0.338 e. The highest BCUT2D eigenvalue weighted by molar-refractivity contribution is 5.98. The summed E-state index contributed by atoms with van der Waals surface area (Å²) in [5.74, 6) is -2.14. The Kier molecular flexibility index (Phi) is 7.79. The molecule has 2 rings (SSSR count). The summed E-state index contributed by atoms with van der Waals surface area (Å²) in [6.45, 7) is -0.908. The number of rotatable bonds is 8. The molecule has 3 amide bonds. The third-order valence-electron chi connectivity index (χ3n) is 4.34. The number of amides is 3. The summed E-state index contributed by atoms with van der Waals surface area (Å²) in [5.41, 5.74) is 5.14. The van der Waals surface area contributed by atoms with Gasteiger partial charge in [0.15, 0.2) is 24.7 Å². The first-order valence-electron chi connectivity index (χ1n) is 9.00. The Hall–Kier alpha value is -3.10. The van der Waals surface area contributed by atoms with Crippen molar-refractivity contribution in [3.63, 3.8) is 0 Å². The van der Waals surface area contributed by atoms with Gasteiger partial charge in [0, 0.05) is 5.92 Å². The van der Waals surface area contributed by atoms with E-state index in [1.165, 1.54) is 25.3 Å². The van der Waals surface area contributed by atoms with Gasteiger partial charge < -0.3 is 19.9 Å². The van der Waals surface area contributed by atoms with Crippen LogP contribution in [0.5, 0.6) is 11.5 Å². The average Bonchev–Trinajstić information content (AvgIpc) is 2.70. The Balaban J connectivity index is 1.86. The molecule has 1 fully saturated rings. The van der Waals surface area contributed by atoms with Crippen LogP contribution < -0.4 is 20.5 Å². The van der Waals surface area contributed by atoms with Gasteiger partial charge >= 0.3 is 5.97 Å². The number of carbonyl (C=O) groups is 4. The monoisotopic (exact) mass is 392 g/mol. The predicted molar refractivity (Wildman–Crippen MR) is 97.7 cm³/mol. The van der Waals surface area contributed by atoms with Crippen LogP contribution >= 0.6 is 0 Å². The van der Waals surface area contributed by atoms with Crippen LogP contribution in [0.25, 0.3) is 0 Å². The largest absolute Gasteiger partial charge is 0.493 e. The normalized spacial score (nSPS) is 14.0. The molecule has 0 radical (unpaired) electrons. The summed E-state index contributed by atoms with van der Waals surface area (Å²) in [5, 5.41) is 2.27. The number of nitrogens with two attached hydrogens (primary N) is 1. The Labute approximate surface area is 162 Å². The quantitative estimate of drug-likeness (QED) is 0.629. The van der Waals surface area contributed by atoms with E-state index in [4.69, 9.17) is 19.9 Å². The second-order valence-corrected chi connectivity index (χ2v) is 6.44. The molecular weight excluding hydrogens is 368 g/mol. The van der Waals surface area contributed by atoms with E-state index in [0.29, 0.717) is 0 Å². The zero-order valence-electron chi connectivity index (χ0n) is 15.7.